The van der Waals surface area contributed by atoms with E-state index in [1.54, 1.807) is 22.4 Å². The summed E-state index contributed by atoms with van der Waals surface area (Å²) >= 11 is 0. The van der Waals surface area contributed by atoms with Gasteiger partial charge in [0, 0.05) is 25.5 Å². The maximum absolute atomic E-state index is 11.8. The largest absolute Gasteiger partial charge is 0.480 e. The summed E-state index contributed by atoms with van der Waals surface area (Å²) in [5.41, 5.74) is 0.00454. The molecule has 0 aromatic carbocycles. The molecule has 0 aliphatic heterocycles. The van der Waals surface area contributed by atoms with E-state index in [1.807, 2.05) is 6.20 Å². The molecule has 0 saturated heterocycles. The number of aromatic nitrogens is 2. The van der Waals surface area contributed by atoms with E-state index in [0.717, 1.165) is 25.7 Å². The van der Waals surface area contributed by atoms with Gasteiger partial charge in [0.15, 0.2) is 0 Å². The fraction of sp³-hybridized carbons (Fsp3) is 0.667. The Hall–Kier alpha value is -1.56. The Kier molecular flexibility index (Phi) is 3.86. The van der Waals surface area contributed by atoms with Gasteiger partial charge in [-0.25, -0.2) is 9.59 Å². The van der Waals surface area contributed by atoms with Gasteiger partial charge < -0.3 is 14.4 Å². The lowest BCUT2D eigenvalue weighted by Gasteiger charge is -2.28. The molecule has 1 aliphatic carbocycles. The van der Waals surface area contributed by atoms with Crippen LogP contribution in [0.2, 0.25) is 0 Å². The zero-order valence-electron chi connectivity index (χ0n) is 10.4. The molecule has 1 saturated carbocycles. The molecule has 0 unspecified atom stereocenters. The summed E-state index contributed by atoms with van der Waals surface area (Å²) in [7, 11) is 1.74. The third-order valence-electron chi connectivity index (χ3n) is 3.45. The van der Waals surface area contributed by atoms with Gasteiger partial charge in [0.2, 0.25) is 0 Å². The maximum atomic E-state index is 11.8. The summed E-state index contributed by atoms with van der Waals surface area (Å²) in [4.78, 5) is 22.2. The lowest BCUT2D eigenvalue weighted by atomic mass is 9.93. The van der Waals surface area contributed by atoms with Crippen LogP contribution in [0.4, 0.5) is 0 Å². The predicted molar refractivity (Wildman–Crippen MR) is 64.6 cm³/mol. The van der Waals surface area contributed by atoms with Crippen LogP contribution >= 0.6 is 0 Å². The minimum atomic E-state index is -0.934. The SMILES string of the molecule is Cn1ccn(C2CCC(OCC(=O)O)CC2)c1=O. The molecule has 0 spiro atoms. The van der Waals surface area contributed by atoms with Crippen molar-refractivity contribution >= 4 is 5.97 Å². The number of carboxylic acids is 1. The van der Waals surface area contributed by atoms with E-state index in [4.69, 9.17) is 9.84 Å². The van der Waals surface area contributed by atoms with Crippen LogP contribution in [0.25, 0.3) is 0 Å². The van der Waals surface area contributed by atoms with Gasteiger partial charge in [-0.15, -0.1) is 0 Å². The van der Waals surface area contributed by atoms with Crippen molar-refractivity contribution in [2.45, 2.75) is 37.8 Å². The molecule has 1 fully saturated rings. The van der Waals surface area contributed by atoms with Crippen LogP contribution in [-0.4, -0.2) is 32.9 Å². The molecular formula is C12H18N2O4. The standard InChI is InChI=1S/C12H18N2O4/c1-13-6-7-14(12(13)17)9-2-4-10(5-3-9)18-8-11(15)16/h6-7,9-10H,2-5,8H2,1H3,(H,15,16). The third kappa shape index (κ3) is 2.81. The van der Waals surface area contributed by atoms with Crippen molar-refractivity contribution in [1.29, 1.82) is 0 Å². The van der Waals surface area contributed by atoms with Crippen molar-refractivity contribution in [1.82, 2.24) is 9.13 Å². The molecule has 0 amide bonds. The Bertz CT molecular complexity index is 469. The molecule has 1 aliphatic rings. The molecular weight excluding hydrogens is 236 g/mol. The average Bonchev–Trinajstić information content (AvgIpc) is 2.68. The first-order chi connectivity index (χ1) is 8.58. The fourth-order valence-corrected chi connectivity index (χ4v) is 2.44. The van der Waals surface area contributed by atoms with Gasteiger partial charge >= 0.3 is 11.7 Å². The molecule has 0 atom stereocenters. The molecule has 1 N–H and O–H groups in total. The molecule has 1 heterocycles. The summed E-state index contributed by atoms with van der Waals surface area (Å²) in [5.74, 6) is -0.934. The number of aliphatic carboxylic acids is 1. The molecule has 0 bridgehead atoms. The number of carbonyl (C=O) groups is 1. The van der Waals surface area contributed by atoms with Crippen LogP contribution in [0.15, 0.2) is 17.2 Å². The highest BCUT2D eigenvalue weighted by Crippen LogP contribution is 2.28. The lowest BCUT2D eigenvalue weighted by molar-refractivity contribution is -0.145. The number of hydrogen-bond acceptors (Lipinski definition) is 3. The first-order valence-electron chi connectivity index (χ1n) is 6.15. The van der Waals surface area contributed by atoms with Gasteiger partial charge in [0.05, 0.1) is 6.10 Å². The van der Waals surface area contributed by atoms with Crippen LogP contribution < -0.4 is 5.69 Å². The normalized spacial score (nSPS) is 24.1. The number of hydrogen-bond donors (Lipinski definition) is 1. The second-order valence-corrected chi connectivity index (χ2v) is 4.73. The Morgan fingerprint density at radius 3 is 2.56 bits per heavy atom. The molecule has 18 heavy (non-hydrogen) atoms. The summed E-state index contributed by atoms with van der Waals surface area (Å²) in [5, 5.41) is 8.54. The van der Waals surface area contributed by atoms with E-state index in [0.29, 0.717) is 0 Å². The Morgan fingerprint density at radius 1 is 1.39 bits per heavy atom. The highest BCUT2D eigenvalue weighted by molar-refractivity contribution is 5.68. The number of rotatable bonds is 4. The van der Waals surface area contributed by atoms with Gasteiger partial charge in [-0.1, -0.05) is 0 Å². The van der Waals surface area contributed by atoms with E-state index in [-0.39, 0.29) is 24.4 Å². The summed E-state index contributed by atoms with van der Waals surface area (Å²) in [6, 6.07) is 0.211. The summed E-state index contributed by atoms with van der Waals surface area (Å²) < 4.78 is 8.59. The summed E-state index contributed by atoms with van der Waals surface area (Å²) in [6.07, 6.45) is 6.90. The van der Waals surface area contributed by atoms with Crippen molar-refractivity contribution in [3.63, 3.8) is 0 Å². The second-order valence-electron chi connectivity index (χ2n) is 4.73. The first kappa shape index (κ1) is 12.9. The van der Waals surface area contributed by atoms with Crippen molar-refractivity contribution in [2.24, 2.45) is 7.05 Å². The van der Waals surface area contributed by atoms with Gasteiger partial charge in [-0.3, -0.25) is 4.57 Å². The number of ether oxygens (including phenoxy) is 1. The van der Waals surface area contributed by atoms with Crippen molar-refractivity contribution < 1.29 is 14.6 Å². The Morgan fingerprint density at radius 2 is 2.06 bits per heavy atom. The van der Waals surface area contributed by atoms with Crippen LogP contribution in [0.1, 0.15) is 31.7 Å². The van der Waals surface area contributed by atoms with E-state index < -0.39 is 5.97 Å². The van der Waals surface area contributed by atoms with E-state index in [1.165, 1.54) is 0 Å². The highest BCUT2D eigenvalue weighted by Gasteiger charge is 2.24. The number of imidazole rings is 1. The molecule has 6 heteroatoms. The van der Waals surface area contributed by atoms with Crippen LogP contribution in [0.3, 0.4) is 0 Å². The zero-order valence-corrected chi connectivity index (χ0v) is 10.4. The van der Waals surface area contributed by atoms with Gasteiger partial charge in [-0.05, 0) is 25.7 Å². The Labute approximate surface area is 105 Å². The number of nitrogens with zero attached hydrogens (tertiary/aromatic N) is 2. The predicted octanol–water partition coefficient (Wildman–Crippen LogP) is 0.772. The lowest BCUT2D eigenvalue weighted by Crippen LogP contribution is -2.31. The van der Waals surface area contributed by atoms with Crippen molar-refractivity contribution in [2.75, 3.05) is 6.61 Å². The minimum absolute atomic E-state index is 0.00454. The first-order valence-corrected chi connectivity index (χ1v) is 6.15. The molecule has 1 aromatic rings. The van der Waals surface area contributed by atoms with Crippen molar-refractivity contribution in [3.8, 4) is 0 Å². The van der Waals surface area contributed by atoms with E-state index >= 15 is 0 Å². The average molecular weight is 254 g/mol. The molecule has 100 valence electrons. The van der Waals surface area contributed by atoms with Crippen LogP contribution in [-0.2, 0) is 16.6 Å². The van der Waals surface area contributed by atoms with Crippen LogP contribution in [0.5, 0.6) is 0 Å². The highest BCUT2D eigenvalue weighted by atomic mass is 16.5. The third-order valence-corrected chi connectivity index (χ3v) is 3.45. The monoisotopic (exact) mass is 254 g/mol. The smallest absolute Gasteiger partial charge is 0.329 e. The molecule has 0 radical (unpaired) electrons. The van der Waals surface area contributed by atoms with Crippen molar-refractivity contribution in [3.05, 3.63) is 22.9 Å². The Balaban J connectivity index is 1.89. The van der Waals surface area contributed by atoms with Gasteiger partial charge in [-0.2, -0.15) is 0 Å². The molecule has 6 nitrogen and oxygen atoms in total. The van der Waals surface area contributed by atoms with E-state index in [9.17, 15) is 9.59 Å². The number of aryl methyl sites for hydroxylation is 1. The molecule has 1 aromatic heterocycles. The van der Waals surface area contributed by atoms with E-state index in [2.05, 4.69) is 0 Å². The number of carboxylic acid groups (broad SMARTS) is 1. The zero-order chi connectivity index (χ0) is 13.1. The van der Waals surface area contributed by atoms with Crippen LogP contribution in [0, 0.1) is 0 Å². The fourth-order valence-electron chi connectivity index (χ4n) is 2.44. The quantitative estimate of drug-likeness (QED) is 0.861. The topological polar surface area (TPSA) is 73.5 Å². The maximum Gasteiger partial charge on any atom is 0.329 e. The van der Waals surface area contributed by atoms with Gasteiger partial charge in [0.25, 0.3) is 0 Å². The summed E-state index contributed by atoms with van der Waals surface area (Å²) in [6.45, 7) is -0.235. The second kappa shape index (κ2) is 5.39. The minimum Gasteiger partial charge on any atom is -0.480 e. The van der Waals surface area contributed by atoms with Gasteiger partial charge in [0.1, 0.15) is 6.61 Å². The molecule has 2 rings (SSSR count).